The van der Waals surface area contributed by atoms with Gasteiger partial charge < -0.3 is 0 Å². The number of amides is 2. The molecule has 1 aliphatic heterocycles. The lowest BCUT2D eigenvalue weighted by Crippen LogP contribution is -2.35. The highest BCUT2D eigenvalue weighted by Gasteiger charge is 2.23. The fourth-order valence-electron chi connectivity index (χ4n) is 1.50. The average Bonchev–Trinajstić information content (AvgIpc) is 2.61. The molecule has 1 aromatic carbocycles. The van der Waals surface area contributed by atoms with Crippen molar-refractivity contribution in [3.05, 3.63) is 42.0 Å². The SMILES string of the molecule is CCc1cccc(NN2C(=O)C=CC2=O)c1. The van der Waals surface area contributed by atoms with Crippen molar-refractivity contribution in [1.82, 2.24) is 5.01 Å². The zero-order valence-electron chi connectivity index (χ0n) is 8.93. The summed E-state index contributed by atoms with van der Waals surface area (Å²) in [5.41, 5.74) is 4.68. The zero-order valence-corrected chi connectivity index (χ0v) is 8.93. The first-order valence-corrected chi connectivity index (χ1v) is 5.12. The summed E-state index contributed by atoms with van der Waals surface area (Å²) in [4.78, 5) is 22.6. The molecule has 1 N–H and O–H groups in total. The molecule has 0 spiro atoms. The molecule has 1 aliphatic rings. The zero-order chi connectivity index (χ0) is 11.5. The molecule has 1 heterocycles. The number of carbonyl (C=O) groups excluding carboxylic acids is 2. The maximum Gasteiger partial charge on any atom is 0.272 e. The van der Waals surface area contributed by atoms with Crippen LogP contribution in [-0.2, 0) is 16.0 Å². The third kappa shape index (κ3) is 1.95. The fourth-order valence-corrected chi connectivity index (χ4v) is 1.50. The smallest absolute Gasteiger partial charge is 0.272 e. The number of hydrogen-bond donors (Lipinski definition) is 1. The average molecular weight is 216 g/mol. The number of hydrazine groups is 1. The van der Waals surface area contributed by atoms with Gasteiger partial charge in [-0.05, 0) is 24.1 Å². The van der Waals surface area contributed by atoms with Crippen LogP contribution in [0.4, 0.5) is 5.69 Å². The lowest BCUT2D eigenvalue weighted by atomic mass is 10.1. The summed E-state index contributed by atoms with van der Waals surface area (Å²) in [6, 6.07) is 7.62. The van der Waals surface area contributed by atoms with Gasteiger partial charge in [0, 0.05) is 12.2 Å². The van der Waals surface area contributed by atoms with Crippen LogP contribution < -0.4 is 5.43 Å². The topological polar surface area (TPSA) is 49.4 Å². The molecule has 1 aromatic rings. The van der Waals surface area contributed by atoms with Gasteiger partial charge in [-0.15, -0.1) is 0 Å². The van der Waals surface area contributed by atoms with Gasteiger partial charge in [0.25, 0.3) is 11.8 Å². The first-order chi connectivity index (χ1) is 7.70. The molecule has 0 saturated heterocycles. The van der Waals surface area contributed by atoms with Crippen molar-refractivity contribution in [1.29, 1.82) is 0 Å². The molecular formula is C12H12N2O2. The normalized spacial score (nSPS) is 14.7. The molecule has 82 valence electrons. The number of rotatable bonds is 3. The Labute approximate surface area is 93.5 Å². The van der Waals surface area contributed by atoms with Crippen molar-refractivity contribution in [3.8, 4) is 0 Å². The van der Waals surface area contributed by atoms with E-state index in [4.69, 9.17) is 0 Å². The van der Waals surface area contributed by atoms with Crippen LogP contribution in [0.15, 0.2) is 36.4 Å². The molecule has 0 bridgehead atoms. The van der Waals surface area contributed by atoms with E-state index in [-0.39, 0.29) is 11.8 Å². The van der Waals surface area contributed by atoms with Crippen LogP contribution in [-0.4, -0.2) is 16.8 Å². The summed E-state index contributed by atoms with van der Waals surface area (Å²) >= 11 is 0. The van der Waals surface area contributed by atoms with Gasteiger partial charge >= 0.3 is 0 Å². The van der Waals surface area contributed by atoms with Gasteiger partial charge in [-0.2, -0.15) is 5.01 Å². The summed E-state index contributed by atoms with van der Waals surface area (Å²) in [7, 11) is 0. The van der Waals surface area contributed by atoms with Gasteiger partial charge in [-0.1, -0.05) is 19.1 Å². The molecule has 4 nitrogen and oxygen atoms in total. The third-order valence-corrected chi connectivity index (χ3v) is 2.39. The minimum absolute atomic E-state index is 0.341. The third-order valence-electron chi connectivity index (χ3n) is 2.39. The molecular weight excluding hydrogens is 204 g/mol. The summed E-state index contributed by atoms with van der Waals surface area (Å²) in [6.45, 7) is 2.05. The number of carbonyl (C=O) groups is 2. The van der Waals surface area contributed by atoms with Crippen molar-refractivity contribution >= 4 is 17.5 Å². The van der Waals surface area contributed by atoms with Gasteiger partial charge in [0.1, 0.15) is 0 Å². The molecule has 0 aromatic heterocycles. The molecule has 2 rings (SSSR count). The molecule has 2 amide bonds. The van der Waals surface area contributed by atoms with Crippen molar-refractivity contribution in [2.45, 2.75) is 13.3 Å². The van der Waals surface area contributed by atoms with E-state index in [0.717, 1.165) is 22.7 Å². The van der Waals surface area contributed by atoms with Gasteiger partial charge in [-0.25, -0.2) is 0 Å². The number of nitrogens with zero attached hydrogens (tertiary/aromatic N) is 1. The molecule has 0 saturated carbocycles. The van der Waals surface area contributed by atoms with E-state index in [2.05, 4.69) is 5.43 Å². The summed E-state index contributed by atoms with van der Waals surface area (Å²) < 4.78 is 0. The van der Waals surface area contributed by atoms with Gasteiger partial charge in [0.2, 0.25) is 0 Å². The minimum Gasteiger partial charge on any atom is -0.288 e. The van der Waals surface area contributed by atoms with Crippen molar-refractivity contribution in [3.63, 3.8) is 0 Å². The molecule has 16 heavy (non-hydrogen) atoms. The number of imide groups is 1. The van der Waals surface area contributed by atoms with E-state index in [0.29, 0.717) is 0 Å². The largest absolute Gasteiger partial charge is 0.288 e. The summed E-state index contributed by atoms with van der Waals surface area (Å²) in [5.74, 6) is -0.682. The standard InChI is InChI=1S/C12H12N2O2/c1-2-9-4-3-5-10(8-9)13-14-11(15)6-7-12(14)16/h3-8,13H,2H2,1H3. The second-order valence-corrected chi connectivity index (χ2v) is 3.51. The van der Waals surface area contributed by atoms with E-state index >= 15 is 0 Å². The van der Waals surface area contributed by atoms with E-state index in [1.807, 2.05) is 31.2 Å². The Morgan fingerprint density at radius 2 is 1.88 bits per heavy atom. The predicted molar refractivity (Wildman–Crippen MR) is 60.4 cm³/mol. The van der Waals surface area contributed by atoms with Crippen molar-refractivity contribution < 1.29 is 9.59 Å². The Kier molecular flexibility index (Phi) is 2.72. The van der Waals surface area contributed by atoms with Crippen LogP contribution in [0.5, 0.6) is 0 Å². The summed E-state index contributed by atoms with van der Waals surface area (Å²) in [6.07, 6.45) is 3.41. The molecule has 0 fully saturated rings. The predicted octanol–water partition coefficient (Wildman–Crippen LogP) is 1.50. The number of hydrogen-bond acceptors (Lipinski definition) is 3. The van der Waals surface area contributed by atoms with Gasteiger partial charge in [-0.3, -0.25) is 15.0 Å². The first-order valence-electron chi connectivity index (χ1n) is 5.12. The molecule has 0 atom stereocenters. The van der Waals surface area contributed by atoms with Crippen LogP contribution in [0, 0.1) is 0 Å². The Morgan fingerprint density at radius 1 is 1.19 bits per heavy atom. The lowest BCUT2D eigenvalue weighted by molar-refractivity contribution is -0.135. The van der Waals surface area contributed by atoms with Crippen LogP contribution in [0.3, 0.4) is 0 Å². The number of aryl methyl sites for hydroxylation is 1. The number of nitrogens with one attached hydrogen (secondary N) is 1. The van der Waals surface area contributed by atoms with Crippen molar-refractivity contribution in [2.24, 2.45) is 0 Å². The molecule has 0 unspecified atom stereocenters. The van der Waals surface area contributed by atoms with Gasteiger partial charge in [0.05, 0.1) is 5.69 Å². The van der Waals surface area contributed by atoms with Gasteiger partial charge in [0.15, 0.2) is 0 Å². The molecule has 4 heteroatoms. The Morgan fingerprint density at radius 3 is 2.50 bits per heavy atom. The maximum absolute atomic E-state index is 11.3. The maximum atomic E-state index is 11.3. The fraction of sp³-hybridized carbons (Fsp3) is 0.167. The van der Waals surface area contributed by atoms with E-state index in [1.165, 1.54) is 12.2 Å². The number of anilines is 1. The highest BCUT2D eigenvalue weighted by atomic mass is 16.2. The highest BCUT2D eigenvalue weighted by molar-refractivity contribution is 6.13. The number of benzene rings is 1. The quantitative estimate of drug-likeness (QED) is 0.779. The highest BCUT2D eigenvalue weighted by Crippen LogP contribution is 2.14. The van der Waals surface area contributed by atoms with Crippen LogP contribution in [0.25, 0.3) is 0 Å². The van der Waals surface area contributed by atoms with Crippen LogP contribution >= 0.6 is 0 Å². The van der Waals surface area contributed by atoms with Crippen LogP contribution in [0.2, 0.25) is 0 Å². The van der Waals surface area contributed by atoms with Crippen molar-refractivity contribution in [2.75, 3.05) is 5.43 Å². The van der Waals surface area contributed by atoms with E-state index in [9.17, 15) is 9.59 Å². The minimum atomic E-state index is -0.341. The van der Waals surface area contributed by atoms with Crippen LogP contribution in [0.1, 0.15) is 12.5 Å². The first kappa shape index (κ1) is 10.4. The molecule has 0 aliphatic carbocycles. The molecule has 0 radical (unpaired) electrons. The second kappa shape index (κ2) is 4.18. The Balaban J connectivity index is 2.15. The van der Waals surface area contributed by atoms with E-state index in [1.54, 1.807) is 0 Å². The Bertz CT molecular complexity index is 448. The summed E-state index contributed by atoms with van der Waals surface area (Å²) in [5, 5.41) is 0.995. The lowest BCUT2D eigenvalue weighted by Gasteiger charge is -2.16. The Hall–Kier alpha value is -2.10. The monoisotopic (exact) mass is 216 g/mol. The second-order valence-electron chi connectivity index (χ2n) is 3.51. The van der Waals surface area contributed by atoms with E-state index < -0.39 is 0 Å².